The highest BCUT2D eigenvalue weighted by Gasteiger charge is 2.14. The van der Waals surface area contributed by atoms with Crippen LogP contribution in [0.5, 0.6) is 0 Å². The lowest BCUT2D eigenvalue weighted by Crippen LogP contribution is -2.07. The Kier molecular flexibility index (Phi) is 3.98. The van der Waals surface area contributed by atoms with Crippen molar-refractivity contribution in [3.8, 4) is 0 Å². The van der Waals surface area contributed by atoms with E-state index < -0.39 is 10.8 Å². The maximum Gasteiger partial charge on any atom is 0.334 e. The highest BCUT2D eigenvalue weighted by molar-refractivity contribution is 6.48. The maximum absolute atomic E-state index is 10.7. The molecular weight excluding hydrogens is 223 g/mol. The van der Waals surface area contributed by atoms with Crippen molar-refractivity contribution in [2.45, 2.75) is 4.84 Å². The Hall–Kier alpha value is -0.990. The number of rotatable bonds is 3. The average molecular weight is 231 g/mol. The van der Waals surface area contributed by atoms with Crippen molar-refractivity contribution in [3.05, 3.63) is 41.5 Å². The lowest BCUT2D eigenvalue weighted by atomic mass is 10.1. The van der Waals surface area contributed by atoms with Crippen molar-refractivity contribution in [2.75, 3.05) is 0 Å². The number of alkyl halides is 2. The lowest BCUT2D eigenvalue weighted by molar-refractivity contribution is -0.132. The van der Waals surface area contributed by atoms with E-state index in [9.17, 15) is 4.79 Å². The van der Waals surface area contributed by atoms with Gasteiger partial charge in [0.15, 0.2) is 0 Å². The molecule has 74 valence electrons. The van der Waals surface area contributed by atoms with Gasteiger partial charge in [-0.3, -0.25) is 0 Å². The third-order valence-corrected chi connectivity index (χ3v) is 2.07. The highest BCUT2D eigenvalue weighted by Crippen LogP contribution is 2.17. The van der Waals surface area contributed by atoms with Gasteiger partial charge in [0.05, 0.1) is 5.57 Å². The first-order chi connectivity index (χ1) is 6.61. The van der Waals surface area contributed by atoms with Crippen molar-refractivity contribution in [1.82, 2.24) is 0 Å². The molecule has 0 fully saturated rings. The van der Waals surface area contributed by atoms with Crippen LogP contribution in [0.4, 0.5) is 0 Å². The summed E-state index contributed by atoms with van der Waals surface area (Å²) in [5.74, 6) is -1.11. The van der Waals surface area contributed by atoms with Crippen molar-refractivity contribution >= 4 is 35.2 Å². The van der Waals surface area contributed by atoms with Crippen molar-refractivity contribution < 1.29 is 9.90 Å². The van der Waals surface area contributed by atoms with Crippen LogP contribution in [0, 0.1) is 0 Å². The molecule has 0 atom stereocenters. The first kappa shape index (κ1) is 11.1. The molecule has 0 aliphatic rings. The zero-order chi connectivity index (χ0) is 10.6. The fraction of sp³-hybridized carbons (Fsp3) is 0.100. The van der Waals surface area contributed by atoms with E-state index in [0.29, 0.717) is 0 Å². The van der Waals surface area contributed by atoms with Crippen molar-refractivity contribution in [2.24, 2.45) is 0 Å². The summed E-state index contributed by atoms with van der Waals surface area (Å²) in [5, 5.41) is 8.77. The summed E-state index contributed by atoms with van der Waals surface area (Å²) in [5.41, 5.74) is 0.732. The van der Waals surface area contributed by atoms with E-state index in [1.165, 1.54) is 6.08 Å². The van der Waals surface area contributed by atoms with Gasteiger partial charge in [0.1, 0.15) is 4.84 Å². The summed E-state index contributed by atoms with van der Waals surface area (Å²) in [6.07, 6.45) is 1.45. The highest BCUT2D eigenvalue weighted by atomic mass is 35.5. The van der Waals surface area contributed by atoms with Crippen LogP contribution < -0.4 is 0 Å². The van der Waals surface area contributed by atoms with Gasteiger partial charge in [0, 0.05) is 0 Å². The first-order valence-electron chi connectivity index (χ1n) is 3.89. The third kappa shape index (κ3) is 3.05. The smallest absolute Gasteiger partial charge is 0.334 e. The quantitative estimate of drug-likeness (QED) is 0.641. The van der Waals surface area contributed by atoms with E-state index >= 15 is 0 Å². The molecule has 0 amide bonds. The summed E-state index contributed by atoms with van der Waals surface area (Å²) in [4.78, 5) is 9.69. The fourth-order valence-electron chi connectivity index (χ4n) is 0.947. The number of aliphatic carboxylic acids is 1. The molecule has 4 heteroatoms. The van der Waals surface area contributed by atoms with Crippen LogP contribution >= 0.6 is 23.2 Å². The average Bonchev–Trinajstić information content (AvgIpc) is 2.15. The zero-order valence-electron chi connectivity index (χ0n) is 7.15. The summed E-state index contributed by atoms with van der Waals surface area (Å²) in [6.45, 7) is 0. The Bertz CT molecular complexity index is 344. The number of hydrogen-bond donors (Lipinski definition) is 1. The molecule has 0 radical (unpaired) electrons. The van der Waals surface area contributed by atoms with Gasteiger partial charge in [-0.1, -0.05) is 53.5 Å². The molecule has 14 heavy (non-hydrogen) atoms. The third-order valence-electron chi connectivity index (χ3n) is 1.60. The molecule has 0 saturated heterocycles. The second-order valence-electron chi connectivity index (χ2n) is 2.62. The molecule has 0 aliphatic carbocycles. The number of benzene rings is 1. The number of hydrogen-bond acceptors (Lipinski definition) is 1. The zero-order valence-corrected chi connectivity index (χ0v) is 8.66. The van der Waals surface area contributed by atoms with Crippen LogP contribution in [-0.4, -0.2) is 15.9 Å². The molecule has 0 bridgehead atoms. The van der Waals surface area contributed by atoms with Crippen LogP contribution in [0.3, 0.4) is 0 Å². The van der Waals surface area contributed by atoms with E-state index in [1.54, 1.807) is 12.1 Å². The number of carboxylic acid groups (broad SMARTS) is 1. The molecule has 0 spiro atoms. The van der Waals surface area contributed by atoms with E-state index in [-0.39, 0.29) is 5.57 Å². The Morgan fingerprint density at radius 2 is 1.86 bits per heavy atom. The topological polar surface area (TPSA) is 37.3 Å². The Morgan fingerprint density at radius 1 is 1.29 bits per heavy atom. The molecule has 1 aromatic carbocycles. The summed E-state index contributed by atoms with van der Waals surface area (Å²) < 4.78 is 0. The van der Waals surface area contributed by atoms with Gasteiger partial charge in [-0.15, -0.1) is 0 Å². The van der Waals surface area contributed by atoms with Gasteiger partial charge >= 0.3 is 5.97 Å². The summed E-state index contributed by atoms with van der Waals surface area (Å²) in [7, 11) is 0. The fourth-order valence-corrected chi connectivity index (χ4v) is 1.26. The minimum absolute atomic E-state index is 0.0282. The molecular formula is C10H8Cl2O2. The molecule has 1 aromatic rings. The van der Waals surface area contributed by atoms with E-state index in [2.05, 4.69) is 0 Å². The van der Waals surface area contributed by atoms with Crippen molar-refractivity contribution in [3.63, 3.8) is 0 Å². The molecule has 0 heterocycles. The van der Waals surface area contributed by atoms with Gasteiger partial charge < -0.3 is 5.11 Å². The van der Waals surface area contributed by atoms with Gasteiger partial charge in [0.25, 0.3) is 0 Å². The lowest BCUT2D eigenvalue weighted by Gasteiger charge is -2.02. The van der Waals surface area contributed by atoms with Gasteiger partial charge in [-0.05, 0) is 11.6 Å². The van der Waals surface area contributed by atoms with Crippen LogP contribution in [0.2, 0.25) is 0 Å². The Labute approximate surface area is 91.8 Å². The minimum Gasteiger partial charge on any atom is -0.478 e. The maximum atomic E-state index is 10.7. The Morgan fingerprint density at radius 3 is 2.29 bits per heavy atom. The normalized spacial score (nSPS) is 11.8. The summed E-state index contributed by atoms with van der Waals surface area (Å²) >= 11 is 11.0. The monoisotopic (exact) mass is 230 g/mol. The number of halogens is 2. The largest absolute Gasteiger partial charge is 0.478 e. The molecule has 2 nitrogen and oxygen atoms in total. The predicted octanol–water partition coefficient (Wildman–Crippen LogP) is 2.96. The van der Waals surface area contributed by atoms with Gasteiger partial charge in [0.2, 0.25) is 0 Å². The van der Waals surface area contributed by atoms with Gasteiger partial charge in [-0.25, -0.2) is 4.79 Å². The van der Waals surface area contributed by atoms with Crippen LogP contribution in [0.15, 0.2) is 35.9 Å². The van der Waals surface area contributed by atoms with E-state index in [1.807, 2.05) is 18.2 Å². The van der Waals surface area contributed by atoms with E-state index in [0.717, 1.165) is 5.56 Å². The first-order valence-corrected chi connectivity index (χ1v) is 4.76. The predicted molar refractivity (Wildman–Crippen MR) is 57.5 cm³/mol. The van der Waals surface area contributed by atoms with Crippen LogP contribution in [0.25, 0.3) is 6.08 Å². The SMILES string of the molecule is O=C(O)C(=Cc1ccccc1)C(Cl)Cl. The summed E-state index contributed by atoms with van der Waals surface area (Å²) in [6, 6.07) is 9.01. The van der Waals surface area contributed by atoms with Gasteiger partial charge in [-0.2, -0.15) is 0 Å². The molecule has 0 unspecified atom stereocenters. The molecule has 1 N–H and O–H groups in total. The minimum atomic E-state index is -1.11. The Balaban J connectivity index is 3.00. The molecule has 0 aromatic heterocycles. The standard InChI is InChI=1S/C10H8Cl2O2/c11-9(12)8(10(13)14)6-7-4-2-1-3-5-7/h1-6,9H,(H,13,14). The van der Waals surface area contributed by atoms with Crippen molar-refractivity contribution in [1.29, 1.82) is 0 Å². The number of carbonyl (C=O) groups is 1. The number of carboxylic acids is 1. The van der Waals surface area contributed by atoms with Crippen LogP contribution in [-0.2, 0) is 4.79 Å². The molecule has 1 rings (SSSR count). The second kappa shape index (κ2) is 5.03. The molecule has 0 aliphatic heterocycles. The second-order valence-corrected chi connectivity index (χ2v) is 3.71. The molecule has 0 saturated carbocycles. The van der Waals surface area contributed by atoms with Crippen LogP contribution in [0.1, 0.15) is 5.56 Å². The van der Waals surface area contributed by atoms with E-state index in [4.69, 9.17) is 28.3 Å².